The van der Waals surface area contributed by atoms with E-state index in [0.717, 1.165) is 0 Å². The summed E-state index contributed by atoms with van der Waals surface area (Å²) >= 11 is 11.8. The zero-order valence-electron chi connectivity index (χ0n) is 11.3. The number of aldehydes is 1. The summed E-state index contributed by atoms with van der Waals surface area (Å²) in [6, 6.07) is 2.76. The monoisotopic (exact) mass is 326 g/mol. The van der Waals surface area contributed by atoms with Crippen molar-refractivity contribution in [2.24, 2.45) is 5.92 Å². The number of nitrogens with zero attached hydrogens (tertiary/aromatic N) is 2. The van der Waals surface area contributed by atoms with Gasteiger partial charge in [-0.05, 0) is 37.8 Å². The van der Waals surface area contributed by atoms with Gasteiger partial charge >= 0.3 is 0 Å². The van der Waals surface area contributed by atoms with Gasteiger partial charge in [0.25, 0.3) is 0 Å². The minimum atomic E-state index is -0.585. The molecule has 6 heteroatoms. The van der Waals surface area contributed by atoms with Crippen molar-refractivity contribution in [1.29, 1.82) is 0 Å². The molecule has 1 aromatic carbocycles. The lowest BCUT2D eigenvalue weighted by atomic mass is 10.1. The third kappa shape index (κ3) is 2.70. The van der Waals surface area contributed by atoms with E-state index >= 15 is 0 Å². The molecular formula is C15H13Cl2FN2O. The Hall–Kier alpha value is -1.39. The largest absolute Gasteiger partial charge is 0.298 e. The van der Waals surface area contributed by atoms with Crippen LogP contribution in [0, 0.1) is 11.7 Å². The number of carbonyl (C=O) groups excluding carboxylic acids is 1. The molecule has 1 atom stereocenters. The predicted octanol–water partition coefficient (Wildman–Crippen LogP) is 4.78. The van der Waals surface area contributed by atoms with Gasteiger partial charge in [-0.1, -0.05) is 23.2 Å². The number of benzene rings is 1. The van der Waals surface area contributed by atoms with Crippen molar-refractivity contribution in [2.45, 2.75) is 25.8 Å². The molecule has 0 bridgehead atoms. The van der Waals surface area contributed by atoms with E-state index in [1.54, 1.807) is 10.9 Å². The molecule has 3 rings (SSSR count). The van der Waals surface area contributed by atoms with Gasteiger partial charge in [-0.3, -0.25) is 9.48 Å². The lowest BCUT2D eigenvalue weighted by molar-refractivity contribution is 0.112. The van der Waals surface area contributed by atoms with Gasteiger partial charge in [0.05, 0.1) is 21.7 Å². The zero-order chi connectivity index (χ0) is 15.1. The highest BCUT2D eigenvalue weighted by atomic mass is 35.5. The first-order valence-corrected chi connectivity index (χ1v) is 7.46. The summed E-state index contributed by atoms with van der Waals surface area (Å²) in [6.45, 7) is 2.06. The van der Waals surface area contributed by atoms with Gasteiger partial charge in [-0.2, -0.15) is 5.10 Å². The van der Waals surface area contributed by atoms with Crippen molar-refractivity contribution in [3.8, 4) is 11.3 Å². The second-order valence-electron chi connectivity index (χ2n) is 5.36. The molecular weight excluding hydrogens is 314 g/mol. The Morgan fingerprint density at radius 2 is 2.10 bits per heavy atom. The standard InChI is InChI=1S/C15H13Cl2FN2O/c1-8(9-2-3-9)20-6-10(7-21)15(19-20)11-4-14(18)13(17)5-12(11)16/h4-9H,2-3H2,1H3. The minimum Gasteiger partial charge on any atom is -0.298 e. The highest BCUT2D eigenvalue weighted by Gasteiger charge is 2.30. The first kappa shape index (κ1) is 14.5. The highest BCUT2D eigenvalue weighted by molar-refractivity contribution is 6.36. The van der Waals surface area contributed by atoms with E-state index in [0.29, 0.717) is 29.0 Å². The second-order valence-corrected chi connectivity index (χ2v) is 6.17. The Balaban J connectivity index is 2.09. The topological polar surface area (TPSA) is 34.9 Å². The van der Waals surface area contributed by atoms with Gasteiger partial charge in [0.15, 0.2) is 6.29 Å². The van der Waals surface area contributed by atoms with Gasteiger partial charge in [-0.25, -0.2) is 4.39 Å². The number of hydrogen-bond acceptors (Lipinski definition) is 2. The number of hydrogen-bond donors (Lipinski definition) is 0. The summed E-state index contributed by atoms with van der Waals surface area (Å²) in [4.78, 5) is 11.3. The molecule has 0 spiro atoms. The highest BCUT2D eigenvalue weighted by Crippen LogP contribution is 2.40. The van der Waals surface area contributed by atoms with E-state index < -0.39 is 5.82 Å². The lowest BCUT2D eigenvalue weighted by Gasteiger charge is -2.10. The van der Waals surface area contributed by atoms with Gasteiger partial charge < -0.3 is 0 Å². The maximum Gasteiger partial charge on any atom is 0.153 e. The first-order chi connectivity index (χ1) is 10.0. The van der Waals surface area contributed by atoms with Crippen LogP contribution in [0.25, 0.3) is 11.3 Å². The Kier molecular flexibility index (Phi) is 3.76. The average Bonchev–Trinajstić information content (AvgIpc) is 3.21. The summed E-state index contributed by atoms with van der Waals surface area (Å²) in [7, 11) is 0. The fourth-order valence-electron chi connectivity index (χ4n) is 2.41. The summed E-state index contributed by atoms with van der Waals surface area (Å²) in [5.41, 5.74) is 1.16. The molecule has 0 aliphatic heterocycles. The van der Waals surface area contributed by atoms with E-state index in [1.807, 2.05) is 0 Å². The van der Waals surface area contributed by atoms with Crippen LogP contribution in [0.1, 0.15) is 36.2 Å². The SMILES string of the molecule is CC(C1CC1)n1cc(C=O)c(-c2cc(F)c(Cl)cc2Cl)n1. The van der Waals surface area contributed by atoms with Crippen molar-refractivity contribution >= 4 is 29.5 Å². The van der Waals surface area contributed by atoms with Crippen LogP contribution < -0.4 is 0 Å². The number of carbonyl (C=O) groups is 1. The van der Waals surface area contributed by atoms with E-state index in [4.69, 9.17) is 23.2 Å². The van der Waals surface area contributed by atoms with Crippen LogP contribution in [0.3, 0.4) is 0 Å². The molecule has 3 nitrogen and oxygen atoms in total. The predicted molar refractivity (Wildman–Crippen MR) is 80.5 cm³/mol. The molecule has 1 saturated carbocycles. The molecule has 0 amide bonds. The summed E-state index contributed by atoms with van der Waals surface area (Å²) in [6.07, 6.45) is 4.74. The van der Waals surface area contributed by atoms with Crippen LogP contribution in [-0.2, 0) is 0 Å². The van der Waals surface area contributed by atoms with E-state index in [-0.39, 0.29) is 16.1 Å². The molecule has 110 valence electrons. The normalized spacial score (nSPS) is 16.0. The van der Waals surface area contributed by atoms with E-state index in [9.17, 15) is 9.18 Å². The molecule has 0 radical (unpaired) electrons. The van der Waals surface area contributed by atoms with Crippen LogP contribution in [0.2, 0.25) is 10.0 Å². The van der Waals surface area contributed by atoms with Crippen LogP contribution >= 0.6 is 23.2 Å². The van der Waals surface area contributed by atoms with Crippen molar-refractivity contribution in [3.05, 3.63) is 39.8 Å². The minimum absolute atomic E-state index is 0.0535. The van der Waals surface area contributed by atoms with Gasteiger partial charge in [0.1, 0.15) is 11.5 Å². The first-order valence-electron chi connectivity index (χ1n) is 6.70. The molecule has 1 aromatic heterocycles. The molecule has 1 heterocycles. The quantitative estimate of drug-likeness (QED) is 0.598. The molecule has 1 aliphatic rings. The number of aromatic nitrogens is 2. The van der Waals surface area contributed by atoms with Gasteiger partial charge in [-0.15, -0.1) is 0 Å². The molecule has 21 heavy (non-hydrogen) atoms. The van der Waals surface area contributed by atoms with Crippen LogP contribution in [-0.4, -0.2) is 16.1 Å². The molecule has 1 fully saturated rings. The van der Waals surface area contributed by atoms with Crippen molar-refractivity contribution in [1.82, 2.24) is 9.78 Å². The van der Waals surface area contributed by atoms with Gasteiger partial charge in [0.2, 0.25) is 0 Å². The Labute approximate surface area is 131 Å². The summed E-state index contributed by atoms with van der Waals surface area (Å²) in [5, 5.41) is 4.65. The van der Waals surface area contributed by atoms with Crippen molar-refractivity contribution in [2.75, 3.05) is 0 Å². The van der Waals surface area contributed by atoms with E-state index in [2.05, 4.69) is 12.0 Å². The third-order valence-electron chi connectivity index (χ3n) is 3.87. The molecule has 0 N–H and O–H groups in total. The van der Waals surface area contributed by atoms with Crippen LogP contribution in [0.4, 0.5) is 4.39 Å². The Morgan fingerprint density at radius 3 is 2.71 bits per heavy atom. The third-order valence-corrected chi connectivity index (χ3v) is 4.48. The molecule has 1 unspecified atom stereocenters. The van der Waals surface area contributed by atoms with E-state index in [1.165, 1.54) is 25.0 Å². The summed E-state index contributed by atoms with van der Waals surface area (Å²) in [5.74, 6) is 0.00684. The number of halogens is 3. The maximum atomic E-state index is 13.7. The second kappa shape index (κ2) is 5.43. The molecule has 2 aromatic rings. The zero-order valence-corrected chi connectivity index (χ0v) is 12.8. The summed E-state index contributed by atoms with van der Waals surface area (Å²) < 4.78 is 15.4. The fourth-order valence-corrected chi connectivity index (χ4v) is 2.88. The van der Waals surface area contributed by atoms with Crippen molar-refractivity contribution < 1.29 is 9.18 Å². The Morgan fingerprint density at radius 1 is 1.38 bits per heavy atom. The fraction of sp³-hybridized carbons (Fsp3) is 0.333. The maximum absolute atomic E-state index is 13.7. The lowest BCUT2D eigenvalue weighted by Crippen LogP contribution is -2.07. The van der Waals surface area contributed by atoms with Crippen LogP contribution in [0.5, 0.6) is 0 Å². The van der Waals surface area contributed by atoms with Crippen LogP contribution in [0.15, 0.2) is 18.3 Å². The molecule has 1 aliphatic carbocycles. The number of rotatable bonds is 4. The molecule has 0 saturated heterocycles. The van der Waals surface area contributed by atoms with Gasteiger partial charge in [0, 0.05) is 11.8 Å². The average molecular weight is 327 g/mol. The Bertz CT molecular complexity index is 710. The van der Waals surface area contributed by atoms with Crippen molar-refractivity contribution in [3.63, 3.8) is 0 Å². The smallest absolute Gasteiger partial charge is 0.153 e.